The van der Waals surface area contributed by atoms with E-state index in [1.54, 1.807) is 12.3 Å². The van der Waals surface area contributed by atoms with Crippen molar-refractivity contribution in [3.05, 3.63) is 41.6 Å². The Balaban J connectivity index is 2.06. The molecule has 1 aliphatic rings. The Morgan fingerprint density at radius 2 is 2.35 bits per heavy atom. The van der Waals surface area contributed by atoms with Crippen molar-refractivity contribution in [2.24, 2.45) is 0 Å². The topological polar surface area (TPSA) is 48.4 Å². The van der Waals surface area contributed by atoms with E-state index in [-0.39, 0.29) is 5.97 Å². The van der Waals surface area contributed by atoms with E-state index in [0.29, 0.717) is 18.1 Å². The van der Waals surface area contributed by atoms with E-state index in [0.717, 1.165) is 30.5 Å². The first-order chi connectivity index (χ1) is 9.79. The van der Waals surface area contributed by atoms with Crippen LogP contribution in [0.5, 0.6) is 0 Å². The monoisotopic (exact) mass is 271 g/mol. The Morgan fingerprint density at radius 3 is 3.10 bits per heavy atom. The summed E-state index contributed by atoms with van der Waals surface area (Å²) < 4.78 is 10.5. The number of nitrogens with zero attached hydrogens (tertiary/aromatic N) is 1. The van der Waals surface area contributed by atoms with Crippen LogP contribution in [0.2, 0.25) is 0 Å². The van der Waals surface area contributed by atoms with Crippen molar-refractivity contribution in [1.29, 1.82) is 0 Å². The van der Waals surface area contributed by atoms with E-state index in [1.165, 1.54) is 5.56 Å². The van der Waals surface area contributed by atoms with E-state index in [2.05, 4.69) is 11.1 Å². The van der Waals surface area contributed by atoms with Crippen LogP contribution in [0.4, 0.5) is 0 Å². The highest BCUT2D eigenvalue weighted by Crippen LogP contribution is 2.28. The summed E-state index contributed by atoms with van der Waals surface area (Å²) in [6.07, 6.45) is 2.67. The average Bonchev–Trinajstić information content (AvgIpc) is 3.00. The number of hydrogen-bond donors (Lipinski definition) is 0. The van der Waals surface area contributed by atoms with Gasteiger partial charge in [0.25, 0.3) is 0 Å². The van der Waals surface area contributed by atoms with Crippen LogP contribution in [0.3, 0.4) is 0 Å². The van der Waals surface area contributed by atoms with Crippen LogP contribution >= 0.6 is 0 Å². The quantitative estimate of drug-likeness (QED) is 0.805. The lowest BCUT2D eigenvalue weighted by atomic mass is 9.95. The van der Waals surface area contributed by atoms with Crippen molar-refractivity contribution in [2.45, 2.75) is 19.3 Å². The molecule has 1 aromatic carbocycles. The van der Waals surface area contributed by atoms with Crippen molar-refractivity contribution in [3.8, 4) is 0 Å². The summed E-state index contributed by atoms with van der Waals surface area (Å²) in [6, 6.07) is 7.80. The third-order valence-corrected chi connectivity index (χ3v) is 3.66. The molecule has 3 rings (SSSR count). The van der Waals surface area contributed by atoms with Crippen LogP contribution in [-0.2, 0) is 9.47 Å². The Bertz CT molecular complexity index is 633. The van der Waals surface area contributed by atoms with E-state index in [4.69, 9.17) is 9.47 Å². The number of carbonyl (C=O) groups excluding carboxylic acids is 1. The Morgan fingerprint density at radius 1 is 1.45 bits per heavy atom. The molecule has 1 aromatic heterocycles. The molecule has 0 bridgehead atoms. The van der Waals surface area contributed by atoms with Crippen molar-refractivity contribution in [1.82, 2.24) is 4.98 Å². The summed E-state index contributed by atoms with van der Waals surface area (Å²) in [4.78, 5) is 16.3. The summed E-state index contributed by atoms with van der Waals surface area (Å²) in [6.45, 7) is 3.74. The summed E-state index contributed by atoms with van der Waals surface area (Å²) >= 11 is 0. The van der Waals surface area contributed by atoms with Gasteiger partial charge in [0.05, 0.1) is 24.3 Å². The molecule has 104 valence electrons. The summed E-state index contributed by atoms with van der Waals surface area (Å²) in [7, 11) is 0. The van der Waals surface area contributed by atoms with Gasteiger partial charge in [-0.25, -0.2) is 4.79 Å². The SMILES string of the molecule is CCOC(=O)c1ccnc2ccc([C@H]3CCOC3)cc12. The fraction of sp³-hybridized carbons (Fsp3) is 0.375. The maximum Gasteiger partial charge on any atom is 0.338 e. The van der Waals surface area contributed by atoms with E-state index >= 15 is 0 Å². The summed E-state index contributed by atoms with van der Waals surface area (Å²) in [5, 5.41) is 0.857. The molecule has 0 unspecified atom stereocenters. The van der Waals surface area contributed by atoms with Gasteiger partial charge in [-0.1, -0.05) is 6.07 Å². The zero-order valence-electron chi connectivity index (χ0n) is 11.5. The second kappa shape index (κ2) is 5.59. The minimum Gasteiger partial charge on any atom is -0.462 e. The molecule has 0 amide bonds. The third kappa shape index (κ3) is 2.39. The van der Waals surface area contributed by atoms with Crippen molar-refractivity contribution < 1.29 is 14.3 Å². The number of aromatic nitrogens is 1. The number of rotatable bonds is 3. The lowest BCUT2D eigenvalue weighted by molar-refractivity contribution is 0.0528. The molecule has 0 spiro atoms. The van der Waals surface area contributed by atoms with Gasteiger partial charge >= 0.3 is 5.97 Å². The zero-order valence-corrected chi connectivity index (χ0v) is 11.5. The molecule has 1 aliphatic heterocycles. The number of ether oxygens (including phenoxy) is 2. The molecule has 20 heavy (non-hydrogen) atoms. The molecule has 0 saturated carbocycles. The standard InChI is InChI=1S/C16H17NO3/c1-2-20-16(18)13-5-7-17-15-4-3-11(9-14(13)15)12-6-8-19-10-12/h3-5,7,9,12H,2,6,8,10H2,1H3/t12-/m0/s1. The number of hydrogen-bond acceptors (Lipinski definition) is 4. The lowest BCUT2D eigenvalue weighted by Gasteiger charge is -2.11. The van der Waals surface area contributed by atoms with Crippen LogP contribution in [0.25, 0.3) is 10.9 Å². The Labute approximate surface area is 117 Å². The molecule has 1 atom stereocenters. The molecule has 4 nitrogen and oxygen atoms in total. The third-order valence-electron chi connectivity index (χ3n) is 3.66. The zero-order chi connectivity index (χ0) is 13.9. The molecule has 2 heterocycles. The largest absolute Gasteiger partial charge is 0.462 e. The highest BCUT2D eigenvalue weighted by molar-refractivity contribution is 6.03. The first kappa shape index (κ1) is 13.1. The first-order valence-electron chi connectivity index (χ1n) is 6.93. The van der Waals surface area contributed by atoms with Gasteiger partial charge in [-0.2, -0.15) is 0 Å². The molecular formula is C16H17NO3. The molecule has 2 aromatic rings. The maximum atomic E-state index is 12.0. The van der Waals surface area contributed by atoms with Crippen molar-refractivity contribution >= 4 is 16.9 Å². The van der Waals surface area contributed by atoms with Crippen LogP contribution in [0, 0.1) is 0 Å². The molecule has 1 saturated heterocycles. The smallest absolute Gasteiger partial charge is 0.338 e. The van der Waals surface area contributed by atoms with Gasteiger partial charge < -0.3 is 9.47 Å². The predicted molar refractivity (Wildman–Crippen MR) is 75.9 cm³/mol. The highest BCUT2D eigenvalue weighted by Gasteiger charge is 2.19. The van der Waals surface area contributed by atoms with Gasteiger partial charge in [-0.3, -0.25) is 4.98 Å². The maximum absolute atomic E-state index is 12.0. The van der Waals surface area contributed by atoms with Crippen LogP contribution in [0.15, 0.2) is 30.5 Å². The van der Waals surface area contributed by atoms with Gasteiger partial charge in [0.15, 0.2) is 0 Å². The number of carbonyl (C=O) groups is 1. The van der Waals surface area contributed by atoms with Crippen LogP contribution in [0.1, 0.15) is 35.2 Å². The normalized spacial score (nSPS) is 18.4. The van der Waals surface area contributed by atoms with Gasteiger partial charge in [-0.15, -0.1) is 0 Å². The summed E-state index contributed by atoms with van der Waals surface area (Å²) in [5.74, 6) is 0.120. The average molecular weight is 271 g/mol. The molecule has 0 radical (unpaired) electrons. The number of esters is 1. The van der Waals surface area contributed by atoms with E-state index in [1.807, 2.05) is 19.1 Å². The minimum absolute atomic E-state index is 0.292. The Kier molecular flexibility index (Phi) is 3.65. The second-order valence-corrected chi connectivity index (χ2v) is 4.92. The van der Waals surface area contributed by atoms with Crippen molar-refractivity contribution in [2.75, 3.05) is 19.8 Å². The molecule has 1 fully saturated rings. The van der Waals surface area contributed by atoms with Gasteiger partial charge in [0.2, 0.25) is 0 Å². The number of benzene rings is 1. The molecule has 4 heteroatoms. The number of pyridine rings is 1. The fourth-order valence-corrected chi connectivity index (χ4v) is 2.60. The van der Waals surface area contributed by atoms with Crippen molar-refractivity contribution in [3.63, 3.8) is 0 Å². The van der Waals surface area contributed by atoms with Crippen LogP contribution in [-0.4, -0.2) is 30.8 Å². The molecular weight excluding hydrogens is 254 g/mol. The van der Waals surface area contributed by atoms with Gasteiger partial charge in [0.1, 0.15) is 0 Å². The molecule has 0 aliphatic carbocycles. The second-order valence-electron chi connectivity index (χ2n) is 4.92. The Hall–Kier alpha value is -1.94. The predicted octanol–water partition coefficient (Wildman–Crippen LogP) is 2.92. The first-order valence-corrected chi connectivity index (χ1v) is 6.93. The fourth-order valence-electron chi connectivity index (χ4n) is 2.60. The minimum atomic E-state index is -0.292. The number of fused-ring (bicyclic) bond motifs is 1. The van der Waals surface area contributed by atoms with Crippen LogP contribution < -0.4 is 0 Å². The van der Waals surface area contributed by atoms with E-state index < -0.39 is 0 Å². The summed E-state index contributed by atoms with van der Waals surface area (Å²) in [5.41, 5.74) is 2.60. The van der Waals surface area contributed by atoms with Gasteiger partial charge in [-0.05, 0) is 37.1 Å². The van der Waals surface area contributed by atoms with Gasteiger partial charge in [0, 0.05) is 24.1 Å². The molecule has 0 N–H and O–H groups in total. The highest BCUT2D eigenvalue weighted by atomic mass is 16.5. The lowest BCUT2D eigenvalue weighted by Crippen LogP contribution is -2.06. The van der Waals surface area contributed by atoms with E-state index in [9.17, 15) is 4.79 Å².